The van der Waals surface area contributed by atoms with Crippen molar-refractivity contribution in [3.8, 4) is 56.6 Å². The lowest BCUT2D eigenvalue weighted by atomic mass is 9.91. The second-order valence-electron chi connectivity index (χ2n) is 12.0. The predicted octanol–water partition coefficient (Wildman–Crippen LogP) is 11.9. The molecule has 0 radical (unpaired) electrons. The van der Waals surface area contributed by atoms with Crippen molar-refractivity contribution in [3.63, 3.8) is 0 Å². The van der Waals surface area contributed by atoms with Gasteiger partial charge in [-0.15, -0.1) is 0 Å². The van der Waals surface area contributed by atoms with E-state index >= 15 is 0 Å². The van der Waals surface area contributed by atoms with Gasteiger partial charge >= 0.3 is 0 Å². The molecule has 0 spiro atoms. The quantitative estimate of drug-likeness (QED) is 0.198. The maximum absolute atomic E-state index is 9.59. The minimum absolute atomic E-state index is 0.461. The Labute approximate surface area is 275 Å². The number of para-hydroxylation sites is 2. The van der Waals surface area contributed by atoms with E-state index in [0.717, 1.165) is 88.4 Å². The molecule has 48 heavy (non-hydrogen) atoms. The Balaban J connectivity index is 1.24. The van der Waals surface area contributed by atoms with Gasteiger partial charge in [0.15, 0.2) is 0 Å². The van der Waals surface area contributed by atoms with Gasteiger partial charge in [-0.2, -0.15) is 10.5 Å². The van der Waals surface area contributed by atoms with Gasteiger partial charge in [-0.05, 0) is 123 Å². The molecule has 4 nitrogen and oxygen atoms in total. The number of nitrogens with zero attached hydrogens (tertiary/aromatic N) is 2. The van der Waals surface area contributed by atoms with Gasteiger partial charge in [-0.3, -0.25) is 0 Å². The van der Waals surface area contributed by atoms with E-state index in [1.807, 2.05) is 60.7 Å². The van der Waals surface area contributed by atoms with Crippen molar-refractivity contribution < 1.29 is 8.83 Å². The number of fused-ring (bicyclic) bond motifs is 6. The molecule has 0 saturated heterocycles. The van der Waals surface area contributed by atoms with Crippen LogP contribution in [0.25, 0.3) is 88.4 Å². The number of rotatable bonds is 4. The third-order valence-corrected chi connectivity index (χ3v) is 9.07. The fourth-order valence-corrected chi connectivity index (χ4v) is 6.74. The molecule has 0 aliphatic rings. The summed E-state index contributed by atoms with van der Waals surface area (Å²) in [6.07, 6.45) is 0. The number of hydrogen-bond acceptors (Lipinski definition) is 4. The second kappa shape index (κ2) is 10.9. The number of nitriles is 2. The maximum Gasteiger partial charge on any atom is 0.135 e. The van der Waals surface area contributed by atoms with Gasteiger partial charge < -0.3 is 8.83 Å². The maximum atomic E-state index is 9.59. The van der Waals surface area contributed by atoms with E-state index in [2.05, 4.69) is 91.0 Å². The van der Waals surface area contributed by atoms with E-state index in [1.54, 1.807) is 6.07 Å². The summed E-state index contributed by atoms with van der Waals surface area (Å²) in [5, 5.41) is 23.5. The Bertz CT molecular complexity index is 2660. The molecule has 0 unspecified atom stereocenters. The molecule has 9 aromatic rings. The van der Waals surface area contributed by atoms with Gasteiger partial charge in [0, 0.05) is 21.5 Å². The number of hydrogen-bond donors (Lipinski definition) is 0. The zero-order chi connectivity index (χ0) is 32.2. The second-order valence-corrected chi connectivity index (χ2v) is 12.0. The lowest BCUT2D eigenvalue weighted by molar-refractivity contribution is 0.668. The van der Waals surface area contributed by atoms with E-state index in [4.69, 9.17) is 8.83 Å². The van der Waals surface area contributed by atoms with Gasteiger partial charge in [0.1, 0.15) is 22.3 Å². The first-order valence-corrected chi connectivity index (χ1v) is 15.7. The normalized spacial score (nSPS) is 11.3. The zero-order valence-electron chi connectivity index (χ0n) is 25.6. The molecular weight excluding hydrogens is 588 g/mol. The summed E-state index contributed by atoms with van der Waals surface area (Å²) in [6, 6.07) is 53.6. The molecule has 0 amide bonds. The molecule has 2 aromatic heterocycles. The van der Waals surface area contributed by atoms with Gasteiger partial charge in [0.25, 0.3) is 0 Å². The molecule has 0 saturated carbocycles. The summed E-state index contributed by atoms with van der Waals surface area (Å²) >= 11 is 0. The van der Waals surface area contributed by atoms with Crippen LogP contribution in [0.3, 0.4) is 0 Å². The van der Waals surface area contributed by atoms with Crippen molar-refractivity contribution in [3.05, 3.63) is 157 Å². The third kappa shape index (κ3) is 4.60. The van der Waals surface area contributed by atoms with Crippen LogP contribution in [-0.4, -0.2) is 0 Å². The standard InChI is InChI=1S/C44H24N2O2/c45-25-27-16-28(26-46)18-33(17-27)29-6-5-7-30(19-29)34-20-35(31-12-14-43-39(23-31)37-8-1-3-10-41(37)47-43)22-36(21-34)32-13-15-44-40(24-32)38-9-2-4-11-42(38)48-44/h1-24H. The van der Waals surface area contributed by atoms with Crippen LogP contribution in [0.1, 0.15) is 11.1 Å². The summed E-state index contributed by atoms with van der Waals surface area (Å²) in [4.78, 5) is 0. The number of benzene rings is 7. The molecule has 0 atom stereocenters. The molecular formula is C44H24N2O2. The SMILES string of the molecule is N#Cc1cc(C#N)cc(-c2cccc(-c3cc(-c4ccc5oc6ccccc6c5c4)cc(-c4ccc5oc6ccccc6c5c4)c3)c2)c1. The molecule has 0 N–H and O–H groups in total. The highest BCUT2D eigenvalue weighted by Gasteiger charge is 2.14. The van der Waals surface area contributed by atoms with E-state index in [9.17, 15) is 10.5 Å². The fraction of sp³-hybridized carbons (Fsp3) is 0. The highest BCUT2D eigenvalue weighted by Crippen LogP contribution is 2.39. The Morgan fingerprint density at radius 3 is 1.19 bits per heavy atom. The first-order chi connectivity index (χ1) is 23.6. The Kier molecular flexibility index (Phi) is 6.22. The van der Waals surface area contributed by atoms with Gasteiger partial charge in [0.05, 0.1) is 23.3 Å². The minimum atomic E-state index is 0.461. The lowest BCUT2D eigenvalue weighted by Crippen LogP contribution is -1.88. The third-order valence-electron chi connectivity index (χ3n) is 9.07. The van der Waals surface area contributed by atoms with Crippen LogP contribution in [0.15, 0.2) is 154 Å². The van der Waals surface area contributed by atoms with Crippen molar-refractivity contribution in [2.75, 3.05) is 0 Å². The monoisotopic (exact) mass is 612 g/mol. The van der Waals surface area contributed by atoms with E-state index in [0.29, 0.717) is 11.1 Å². The molecule has 0 aliphatic carbocycles. The van der Waals surface area contributed by atoms with Crippen LogP contribution in [-0.2, 0) is 0 Å². The smallest absolute Gasteiger partial charge is 0.135 e. The molecule has 0 bridgehead atoms. The number of furan rings is 2. The van der Waals surface area contributed by atoms with Crippen molar-refractivity contribution in [2.24, 2.45) is 0 Å². The molecule has 222 valence electrons. The summed E-state index contributed by atoms with van der Waals surface area (Å²) in [5.41, 5.74) is 12.6. The predicted molar refractivity (Wildman–Crippen MR) is 192 cm³/mol. The van der Waals surface area contributed by atoms with Crippen LogP contribution < -0.4 is 0 Å². The topological polar surface area (TPSA) is 73.9 Å². The highest BCUT2D eigenvalue weighted by molar-refractivity contribution is 6.07. The molecule has 0 aliphatic heterocycles. The van der Waals surface area contributed by atoms with Crippen LogP contribution in [0.5, 0.6) is 0 Å². The van der Waals surface area contributed by atoms with Crippen molar-refractivity contribution in [2.45, 2.75) is 0 Å². The summed E-state index contributed by atoms with van der Waals surface area (Å²) in [6.45, 7) is 0. The fourth-order valence-electron chi connectivity index (χ4n) is 6.74. The van der Waals surface area contributed by atoms with Crippen LogP contribution in [0.4, 0.5) is 0 Å². The van der Waals surface area contributed by atoms with Crippen molar-refractivity contribution in [1.29, 1.82) is 10.5 Å². The minimum Gasteiger partial charge on any atom is -0.456 e. The lowest BCUT2D eigenvalue weighted by Gasteiger charge is -2.13. The average Bonchev–Trinajstić information content (AvgIpc) is 3.72. The van der Waals surface area contributed by atoms with Crippen LogP contribution in [0.2, 0.25) is 0 Å². The Morgan fingerprint density at radius 1 is 0.312 bits per heavy atom. The zero-order valence-corrected chi connectivity index (χ0v) is 25.6. The van der Waals surface area contributed by atoms with Crippen molar-refractivity contribution in [1.82, 2.24) is 0 Å². The summed E-state index contributed by atoms with van der Waals surface area (Å²) in [5.74, 6) is 0. The highest BCUT2D eigenvalue weighted by atomic mass is 16.3. The van der Waals surface area contributed by atoms with Crippen molar-refractivity contribution >= 4 is 43.9 Å². The molecule has 7 aromatic carbocycles. The largest absolute Gasteiger partial charge is 0.456 e. The average molecular weight is 613 g/mol. The Morgan fingerprint density at radius 2 is 0.708 bits per heavy atom. The van der Waals surface area contributed by atoms with E-state index in [1.165, 1.54) is 0 Å². The first kappa shape index (κ1) is 27.4. The van der Waals surface area contributed by atoms with Crippen LogP contribution >= 0.6 is 0 Å². The molecule has 9 rings (SSSR count). The van der Waals surface area contributed by atoms with Gasteiger partial charge in [0.2, 0.25) is 0 Å². The van der Waals surface area contributed by atoms with Gasteiger partial charge in [-0.1, -0.05) is 66.7 Å². The Hall–Kier alpha value is -6.88. The first-order valence-electron chi connectivity index (χ1n) is 15.7. The van der Waals surface area contributed by atoms with E-state index < -0.39 is 0 Å². The van der Waals surface area contributed by atoms with Crippen LogP contribution in [0, 0.1) is 22.7 Å². The molecule has 0 fully saturated rings. The summed E-state index contributed by atoms with van der Waals surface area (Å²) < 4.78 is 12.3. The van der Waals surface area contributed by atoms with Gasteiger partial charge in [-0.25, -0.2) is 0 Å². The molecule has 2 heterocycles. The summed E-state index contributed by atoms with van der Waals surface area (Å²) in [7, 11) is 0. The molecule has 4 heteroatoms. The van der Waals surface area contributed by atoms with E-state index in [-0.39, 0.29) is 0 Å².